The van der Waals surface area contributed by atoms with Gasteiger partial charge in [-0.2, -0.15) is 13.2 Å². The van der Waals surface area contributed by atoms with E-state index in [1.165, 1.54) is 12.1 Å². The SMILES string of the molecule is CC(=O)N1CCN(C[C@H](OCc2ccc(C(F)(F)F)cc2)c2ccc(Cl)cc2)CC1. The molecule has 0 unspecified atom stereocenters. The molecule has 1 amide bonds. The minimum Gasteiger partial charge on any atom is -0.368 e. The quantitative estimate of drug-likeness (QED) is 0.648. The summed E-state index contributed by atoms with van der Waals surface area (Å²) in [5.74, 6) is 0.0717. The van der Waals surface area contributed by atoms with Gasteiger partial charge in [0.1, 0.15) is 0 Å². The molecule has 1 saturated heterocycles. The molecule has 0 radical (unpaired) electrons. The first-order chi connectivity index (χ1) is 14.2. The third-order valence-corrected chi connectivity index (χ3v) is 5.47. The number of piperazine rings is 1. The van der Waals surface area contributed by atoms with Crippen molar-refractivity contribution in [3.05, 3.63) is 70.2 Å². The lowest BCUT2D eigenvalue weighted by Gasteiger charge is -2.36. The van der Waals surface area contributed by atoms with E-state index < -0.39 is 11.7 Å². The van der Waals surface area contributed by atoms with Gasteiger partial charge in [-0.1, -0.05) is 35.9 Å². The van der Waals surface area contributed by atoms with Gasteiger partial charge >= 0.3 is 6.18 Å². The van der Waals surface area contributed by atoms with Gasteiger partial charge in [-0.05, 0) is 35.4 Å². The van der Waals surface area contributed by atoms with Crippen molar-refractivity contribution >= 4 is 17.5 Å². The Kier molecular flexibility index (Phi) is 7.39. The normalized spacial score (nSPS) is 16.5. The van der Waals surface area contributed by atoms with Crippen LogP contribution in [0.5, 0.6) is 0 Å². The number of nitrogens with zero attached hydrogens (tertiary/aromatic N) is 2. The van der Waals surface area contributed by atoms with Gasteiger partial charge in [0.15, 0.2) is 0 Å². The van der Waals surface area contributed by atoms with Crippen molar-refractivity contribution in [1.29, 1.82) is 0 Å². The highest BCUT2D eigenvalue weighted by molar-refractivity contribution is 6.30. The molecule has 30 heavy (non-hydrogen) atoms. The van der Waals surface area contributed by atoms with Crippen LogP contribution in [0.3, 0.4) is 0 Å². The van der Waals surface area contributed by atoms with Gasteiger partial charge in [0.05, 0.1) is 18.3 Å². The summed E-state index contributed by atoms with van der Waals surface area (Å²) in [6, 6.07) is 12.4. The highest BCUT2D eigenvalue weighted by atomic mass is 35.5. The number of rotatable bonds is 6. The maximum absolute atomic E-state index is 12.8. The van der Waals surface area contributed by atoms with E-state index in [2.05, 4.69) is 4.90 Å². The minimum atomic E-state index is -4.35. The molecule has 3 rings (SSSR count). The van der Waals surface area contributed by atoms with Crippen molar-refractivity contribution in [2.45, 2.75) is 25.8 Å². The van der Waals surface area contributed by atoms with Gasteiger partial charge in [0.25, 0.3) is 0 Å². The van der Waals surface area contributed by atoms with Crippen LogP contribution in [0.1, 0.15) is 29.7 Å². The molecule has 1 aliphatic heterocycles. The first-order valence-corrected chi connectivity index (χ1v) is 10.1. The van der Waals surface area contributed by atoms with E-state index in [1.54, 1.807) is 19.1 Å². The Hall–Kier alpha value is -2.09. The predicted molar refractivity (Wildman–Crippen MR) is 109 cm³/mol. The number of ether oxygens (including phenoxy) is 1. The molecule has 8 heteroatoms. The molecule has 2 aromatic carbocycles. The standard InChI is InChI=1S/C22H24ClF3N2O2/c1-16(29)28-12-10-27(11-13-28)14-21(18-4-8-20(23)9-5-18)30-15-17-2-6-19(7-3-17)22(24,25)26/h2-9,21H,10-15H2,1H3/t21-/m0/s1. The Morgan fingerprint density at radius 3 is 2.17 bits per heavy atom. The Balaban J connectivity index is 1.66. The number of hydrogen-bond donors (Lipinski definition) is 0. The van der Waals surface area contributed by atoms with E-state index >= 15 is 0 Å². The summed E-state index contributed by atoms with van der Waals surface area (Å²) < 4.78 is 44.4. The summed E-state index contributed by atoms with van der Waals surface area (Å²) in [7, 11) is 0. The lowest BCUT2D eigenvalue weighted by molar-refractivity contribution is -0.137. The second-order valence-corrected chi connectivity index (χ2v) is 7.79. The number of halogens is 4. The first-order valence-electron chi connectivity index (χ1n) is 9.73. The van der Waals surface area contributed by atoms with E-state index in [-0.39, 0.29) is 18.6 Å². The zero-order valence-electron chi connectivity index (χ0n) is 16.7. The first kappa shape index (κ1) is 22.6. The fourth-order valence-electron chi connectivity index (χ4n) is 3.40. The van der Waals surface area contributed by atoms with Gasteiger partial charge in [-0.25, -0.2) is 0 Å². The number of carbonyl (C=O) groups excluding carboxylic acids is 1. The average Bonchev–Trinajstić information content (AvgIpc) is 2.72. The number of benzene rings is 2. The van der Waals surface area contributed by atoms with E-state index in [0.717, 1.165) is 30.8 Å². The smallest absolute Gasteiger partial charge is 0.368 e. The molecule has 1 aliphatic rings. The number of alkyl halides is 3. The fraction of sp³-hybridized carbons (Fsp3) is 0.409. The van der Waals surface area contributed by atoms with Crippen molar-refractivity contribution < 1.29 is 22.7 Å². The van der Waals surface area contributed by atoms with Crippen LogP contribution in [0.4, 0.5) is 13.2 Å². The van der Waals surface area contributed by atoms with Crippen LogP contribution in [0.15, 0.2) is 48.5 Å². The largest absolute Gasteiger partial charge is 0.416 e. The molecule has 0 spiro atoms. The number of amides is 1. The highest BCUT2D eigenvalue weighted by Gasteiger charge is 2.30. The van der Waals surface area contributed by atoms with Crippen LogP contribution < -0.4 is 0 Å². The third-order valence-electron chi connectivity index (χ3n) is 5.22. The Morgan fingerprint density at radius 2 is 1.63 bits per heavy atom. The van der Waals surface area contributed by atoms with E-state index in [9.17, 15) is 18.0 Å². The summed E-state index contributed by atoms with van der Waals surface area (Å²) in [5.41, 5.74) is 0.938. The van der Waals surface area contributed by atoms with Gasteiger partial charge in [0, 0.05) is 44.7 Å². The number of hydrogen-bond acceptors (Lipinski definition) is 3. The minimum absolute atomic E-state index is 0.0717. The highest BCUT2D eigenvalue weighted by Crippen LogP contribution is 2.29. The molecule has 0 saturated carbocycles. The van der Waals surface area contributed by atoms with Crippen LogP contribution >= 0.6 is 11.6 Å². The van der Waals surface area contributed by atoms with Crippen LogP contribution in [0.25, 0.3) is 0 Å². The molecule has 1 heterocycles. The van der Waals surface area contributed by atoms with Crippen molar-refractivity contribution in [3.63, 3.8) is 0 Å². The van der Waals surface area contributed by atoms with Crippen molar-refractivity contribution in [1.82, 2.24) is 9.80 Å². The topological polar surface area (TPSA) is 32.8 Å². The van der Waals surface area contributed by atoms with Crippen LogP contribution in [0, 0.1) is 0 Å². The molecule has 2 aromatic rings. The molecule has 4 nitrogen and oxygen atoms in total. The lowest BCUT2D eigenvalue weighted by atomic mass is 10.1. The van der Waals surface area contributed by atoms with Gasteiger partial charge < -0.3 is 9.64 Å². The zero-order chi connectivity index (χ0) is 21.7. The molecule has 1 atom stereocenters. The Labute approximate surface area is 179 Å². The van der Waals surface area contributed by atoms with E-state index in [4.69, 9.17) is 16.3 Å². The second kappa shape index (κ2) is 9.81. The van der Waals surface area contributed by atoms with Gasteiger partial charge in [-0.15, -0.1) is 0 Å². The molecular weight excluding hydrogens is 417 g/mol. The van der Waals surface area contributed by atoms with Crippen molar-refractivity contribution in [2.75, 3.05) is 32.7 Å². The average molecular weight is 441 g/mol. The summed E-state index contributed by atoms with van der Waals surface area (Å²) in [4.78, 5) is 15.6. The molecular formula is C22H24ClF3N2O2. The lowest BCUT2D eigenvalue weighted by Crippen LogP contribution is -2.49. The van der Waals surface area contributed by atoms with Crippen LogP contribution in [-0.4, -0.2) is 48.4 Å². The van der Waals surface area contributed by atoms with Gasteiger partial charge in [-0.3, -0.25) is 9.69 Å². The maximum atomic E-state index is 12.8. The summed E-state index contributed by atoms with van der Waals surface area (Å²) in [6.45, 7) is 5.20. The zero-order valence-corrected chi connectivity index (χ0v) is 17.4. The molecule has 0 aromatic heterocycles. The monoisotopic (exact) mass is 440 g/mol. The second-order valence-electron chi connectivity index (χ2n) is 7.35. The predicted octanol–water partition coefficient (Wildman–Crippen LogP) is 4.78. The van der Waals surface area contributed by atoms with Crippen LogP contribution in [0.2, 0.25) is 5.02 Å². The maximum Gasteiger partial charge on any atom is 0.416 e. The molecule has 0 aliphatic carbocycles. The van der Waals surface area contributed by atoms with Gasteiger partial charge in [0.2, 0.25) is 5.91 Å². The summed E-state index contributed by atoms with van der Waals surface area (Å²) >= 11 is 6.00. The summed E-state index contributed by atoms with van der Waals surface area (Å²) in [6.07, 6.45) is -4.62. The Morgan fingerprint density at radius 1 is 1.03 bits per heavy atom. The van der Waals surface area contributed by atoms with E-state index in [0.29, 0.717) is 30.2 Å². The van der Waals surface area contributed by atoms with Crippen molar-refractivity contribution in [3.8, 4) is 0 Å². The van der Waals surface area contributed by atoms with Crippen molar-refractivity contribution in [2.24, 2.45) is 0 Å². The Bertz CT molecular complexity index is 833. The summed E-state index contributed by atoms with van der Waals surface area (Å²) in [5, 5.41) is 0.621. The number of carbonyl (C=O) groups is 1. The molecule has 0 bridgehead atoms. The fourth-order valence-corrected chi connectivity index (χ4v) is 3.52. The molecule has 0 N–H and O–H groups in total. The third kappa shape index (κ3) is 6.20. The molecule has 1 fully saturated rings. The van der Waals surface area contributed by atoms with E-state index in [1.807, 2.05) is 17.0 Å². The molecule has 162 valence electrons. The van der Waals surface area contributed by atoms with Crippen LogP contribution in [-0.2, 0) is 22.3 Å².